The lowest BCUT2D eigenvalue weighted by Crippen LogP contribution is -2.49. The van der Waals surface area contributed by atoms with Crippen LogP contribution in [0.15, 0.2) is 66.0 Å². The number of thiophene rings is 1. The molecular formula is C24H23N3O4S. The Labute approximate surface area is 190 Å². The first kappa shape index (κ1) is 21.6. The standard InChI is InChI=1S/C24H23N3O4S/c1-31-24(30)18-9-10-20(19(16-18)25-22(28)21-8-5-15-32-21)26-11-13-27(14-12-26)23(29)17-6-3-2-4-7-17/h2-10,15-16H,11-14H2,1H3,(H,25,28). The van der Waals surface area contributed by atoms with E-state index in [4.69, 9.17) is 4.74 Å². The monoisotopic (exact) mass is 449 g/mol. The largest absolute Gasteiger partial charge is 0.465 e. The summed E-state index contributed by atoms with van der Waals surface area (Å²) < 4.78 is 4.83. The number of methoxy groups -OCH3 is 1. The Balaban J connectivity index is 1.53. The predicted octanol–water partition coefficient (Wildman–Crippen LogP) is 3.75. The van der Waals surface area contributed by atoms with Crippen molar-refractivity contribution in [1.82, 2.24) is 4.90 Å². The van der Waals surface area contributed by atoms with E-state index in [2.05, 4.69) is 10.2 Å². The number of carbonyl (C=O) groups is 3. The second kappa shape index (κ2) is 9.65. The molecule has 1 fully saturated rings. The van der Waals surface area contributed by atoms with Crippen LogP contribution in [0.3, 0.4) is 0 Å². The van der Waals surface area contributed by atoms with Crippen LogP contribution >= 0.6 is 11.3 Å². The fourth-order valence-electron chi connectivity index (χ4n) is 3.66. The highest BCUT2D eigenvalue weighted by Crippen LogP contribution is 2.30. The van der Waals surface area contributed by atoms with E-state index in [1.807, 2.05) is 52.7 Å². The maximum atomic E-state index is 12.7. The Morgan fingerprint density at radius 3 is 2.31 bits per heavy atom. The Morgan fingerprint density at radius 1 is 0.906 bits per heavy atom. The number of esters is 1. The second-order valence-corrected chi connectivity index (χ2v) is 8.25. The van der Waals surface area contributed by atoms with Crippen LogP contribution in [0.4, 0.5) is 11.4 Å². The Hall–Kier alpha value is -3.65. The summed E-state index contributed by atoms with van der Waals surface area (Å²) in [7, 11) is 1.32. The first-order valence-electron chi connectivity index (χ1n) is 10.2. The van der Waals surface area contributed by atoms with Gasteiger partial charge in [-0.25, -0.2) is 4.79 Å². The lowest BCUT2D eigenvalue weighted by Gasteiger charge is -2.37. The molecule has 3 aromatic rings. The fourth-order valence-corrected chi connectivity index (χ4v) is 4.28. The zero-order valence-corrected chi connectivity index (χ0v) is 18.4. The van der Waals surface area contributed by atoms with Crippen LogP contribution in [0, 0.1) is 0 Å². The van der Waals surface area contributed by atoms with Gasteiger partial charge in [0.05, 0.1) is 28.9 Å². The van der Waals surface area contributed by atoms with Crippen molar-refractivity contribution in [1.29, 1.82) is 0 Å². The van der Waals surface area contributed by atoms with Crippen LogP contribution in [-0.2, 0) is 4.74 Å². The Bertz CT molecular complexity index is 1110. The van der Waals surface area contributed by atoms with Crippen molar-refractivity contribution in [3.63, 3.8) is 0 Å². The molecule has 0 radical (unpaired) electrons. The highest BCUT2D eigenvalue weighted by molar-refractivity contribution is 7.12. The van der Waals surface area contributed by atoms with E-state index in [0.717, 1.165) is 5.69 Å². The minimum Gasteiger partial charge on any atom is -0.465 e. The summed E-state index contributed by atoms with van der Waals surface area (Å²) in [5, 5.41) is 4.77. The SMILES string of the molecule is COC(=O)c1ccc(N2CCN(C(=O)c3ccccc3)CC2)c(NC(=O)c2cccs2)c1. The minimum atomic E-state index is -0.471. The number of amides is 2. The molecule has 2 amide bonds. The van der Waals surface area contributed by atoms with Crippen molar-refractivity contribution in [3.05, 3.63) is 82.0 Å². The van der Waals surface area contributed by atoms with E-state index < -0.39 is 5.97 Å². The molecule has 1 aromatic heterocycles. The maximum Gasteiger partial charge on any atom is 0.337 e. The van der Waals surface area contributed by atoms with E-state index in [0.29, 0.717) is 47.9 Å². The summed E-state index contributed by atoms with van der Waals surface area (Å²) in [6.07, 6.45) is 0. The first-order chi connectivity index (χ1) is 15.6. The third kappa shape index (κ3) is 4.65. The minimum absolute atomic E-state index is 0.0116. The zero-order valence-electron chi connectivity index (χ0n) is 17.6. The van der Waals surface area contributed by atoms with Gasteiger partial charge in [-0.3, -0.25) is 9.59 Å². The molecule has 0 atom stereocenters. The van der Waals surface area contributed by atoms with E-state index in [1.54, 1.807) is 18.2 Å². The summed E-state index contributed by atoms with van der Waals surface area (Å²) >= 11 is 1.35. The van der Waals surface area contributed by atoms with E-state index in [-0.39, 0.29) is 11.8 Å². The summed E-state index contributed by atoms with van der Waals surface area (Å²) in [5.74, 6) is -0.694. The molecule has 0 bridgehead atoms. The van der Waals surface area contributed by atoms with Gasteiger partial charge >= 0.3 is 5.97 Å². The highest BCUT2D eigenvalue weighted by atomic mass is 32.1. The molecule has 0 unspecified atom stereocenters. The van der Waals surface area contributed by atoms with Crippen LogP contribution in [0.5, 0.6) is 0 Å². The van der Waals surface area contributed by atoms with Crippen molar-refractivity contribution in [2.75, 3.05) is 43.5 Å². The van der Waals surface area contributed by atoms with Gasteiger partial charge in [-0.05, 0) is 41.8 Å². The van der Waals surface area contributed by atoms with Gasteiger partial charge in [0.2, 0.25) is 0 Å². The molecule has 0 spiro atoms. The number of hydrogen-bond donors (Lipinski definition) is 1. The quantitative estimate of drug-likeness (QED) is 0.600. The van der Waals surface area contributed by atoms with Gasteiger partial charge in [0.1, 0.15) is 0 Å². The lowest BCUT2D eigenvalue weighted by atomic mass is 10.1. The molecule has 1 aliphatic heterocycles. The van der Waals surface area contributed by atoms with Gasteiger partial charge in [-0.15, -0.1) is 11.3 Å². The van der Waals surface area contributed by atoms with Gasteiger partial charge < -0.3 is 19.9 Å². The molecule has 1 saturated heterocycles. The number of rotatable bonds is 5. The summed E-state index contributed by atoms with van der Waals surface area (Å²) in [5.41, 5.74) is 2.37. The van der Waals surface area contributed by atoms with Crippen molar-refractivity contribution in [3.8, 4) is 0 Å². The van der Waals surface area contributed by atoms with E-state index in [9.17, 15) is 14.4 Å². The number of anilines is 2. The highest BCUT2D eigenvalue weighted by Gasteiger charge is 2.24. The molecule has 2 heterocycles. The van der Waals surface area contributed by atoms with Gasteiger partial charge in [-0.2, -0.15) is 0 Å². The van der Waals surface area contributed by atoms with Gasteiger partial charge in [0.15, 0.2) is 0 Å². The van der Waals surface area contributed by atoms with Crippen LogP contribution in [0.2, 0.25) is 0 Å². The Morgan fingerprint density at radius 2 is 1.66 bits per heavy atom. The van der Waals surface area contributed by atoms with Gasteiger partial charge in [0.25, 0.3) is 11.8 Å². The normalized spacial score (nSPS) is 13.5. The van der Waals surface area contributed by atoms with Gasteiger partial charge in [0, 0.05) is 31.7 Å². The molecule has 2 aromatic carbocycles. The van der Waals surface area contributed by atoms with Crippen molar-refractivity contribution < 1.29 is 19.1 Å². The number of nitrogens with zero attached hydrogens (tertiary/aromatic N) is 2. The van der Waals surface area contributed by atoms with Crippen LogP contribution < -0.4 is 10.2 Å². The average Bonchev–Trinajstić information content (AvgIpc) is 3.39. The second-order valence-electron chi connectivity index (χ2n) is 7.30. The summed E-state index contributed by atoms with van der Waals surface area (Å²) in [6.45, 7) is 2.34. The third-order valence-electron chi connectivity index (χ3n) is 5.34. The molecule has 0 aliphatic carbocycles. The molecule has 164 valence electrons. The molecule has 7 nitrogen and oxygen atoms in total. The summed E-state index contributed by atoms with van der Waals surface area (Å²) in [4.78, 5) is 42.0. The zero-order chi connectivity index (χ0) is 22.5. The molecule has 1 N–H and O–H groups in total. The maximum absolute atomic E-state index is 12.7. The van der Waals surface area contributed by atoms with E-state index in [1.165, 1.54) is 18.4 Å². The van der Waals surface area contributed by atoms with Crippen LogP contribution in [0.1, 0.15) is 30.4 Å². The van der Waals surface area contributed by atoms with E-state index >= 15 is 0 Å². The summed E-state index contributed by atoms with van der Waals surface area (Å²) in [6, 6.07) is 17.9. The topological polar surface area (TPSA) is 79.0 Å². The van der Waals surface area contributed by atoms with Crippen molar-refractivity contribution in [2.45, 2.75) is 0 Å². The number of piperazine rings is 1. The molecule has 1 aliphatic rings. The first-order valence-corrected chi connectivity index (χ1v) is 11.1. The molecule has 4 rings (SSSR count). The average molecular weight is 450 g/mol. The molecule has 32 heavy (non-hydrogen) atoms. The Kier molecular flexibility index (Phi) is 6.51. The molecular weight excluding hydrogens is 426 g/mol. The van der Waals surface area contributed by atoms with Gasteiger partial charge in [-0.1, -0.05) is 24.3 Å². The number of benzene rings is 2. The number of hydrogen-bond acceptors (Lipinski definition) is 6. The van der Waals surface area contributed by atoms with Crippen LogP contribution in [0.25, 0.3) is 0 Å². The third-order valence-corrected chi connectivity index (χ3v) is 6.21. The van der Waals surface area contributed by atoms with Crippen molar-refractivity contribution >= 4 is 40.5 Å². The molecule has 8 heteroatoms. The lowest BCUT2D eigenvalue weighted by molar-refractivity contribution is 0.0600. The fraction of sp³-hybridized carbons (Fsp3) is 0.208. The number of nitrogens with one attached hydrogen (secondary N) is 1. The smallest absolute Gasteiger partial charge is 0.337 e. The predicted molar refractivity (Wildman–Crippen MR) is 125 cm³/mol. The van der Waals surface area contributed by atoms with Crippen molar-refractivity contribution in [2.24, 2.45) is 0 Å². The number of ether oxygens (including phenoxy) is 1. The number of carbonyl (C=O) groups excluding carboxylic acids is 3. The van der Waals surface area contributed by atoms with Crippen LogP contribution in [-0.4, -0.2) is 56.0 Å². The molecule has 0 saturated carbocycles.